The number of benzene rings is 1. The number of hydrogen-bond acceptors (Lipinski definition) is 5. The molecule has 2 aliphatic heterocycles. The zero-order valence-corrected chi connectivity index (χ0v) is 14.0. The molecule has 0 radical (unpaired) electrons. The normalized spacial score (nSPS) is 26.3. The number of hydrogen-bond donors (Lipinski definition) is 2. The first-order valence-corrected chi connectivity index (χ1v) is 8.32. The van der Waals surface area contributed by atoms with Gasteiger partial charge in [-0.25, -0.2) is 8.78 Å². The summed E-state index contributed by atoms with van der Waals surface area (Å²) in [6, 6.07) is 2.17. The molecule has 1 aromatic carbocycles. The topological polar surface area (TPSA) is 71.0 Å². The highest BCUT2D eigenvalue weighted by molar-refractivity contribution is 5.97. The quantitative estimate of drug-likeness (QED) is 0.821. The van der Waals surface area contributed by atoms with E-state index in [1.165, 1.54) is 13.2 Å². The second kappa shape index (κ2) is 7.63. The van der Waals surface area contributed by atoms with E-state index in [0.717, 1.165) is 6.07 Å². The second-order valence-corrected chi connectivity index (χ2v) is 6.42. The molecule has 25 heavy (non-hydrogen) atoms. The van der Waals surface area contributed by atoms with Crippen LogP contribution in [0.3, 0.4) is 0 Å². The molecule has 3 atom stereocenters. The van der Waals surface area contributed by atoms with Gasteiger partial charge in [0.15, 0.2) is 11.6 Å². The van der Waals surface area contributed by atoms with Crippen molar-refractivity contribution in [1.82, 2.24) is 10.2 Å². The van der Waals surface area contributed by atoms with Crippen LogP contribution in [0.5, 0.6) is 5.75 Å². The SMILES string of the molecule is COc1ccc(F)c(F)c1C(=O)N[C@H]1C[C@H]2CO[C@@H](CCO)CN2C1. The first kappa shape index (κ1) is 18.0. The number of aliphatic hydroxyl groups excluding tert-OH is 1. The Morgan fingerprint density at radius 3 is 2.96 bits per heavy atom. The lowest BCUT2D eigenvalue weighted by Gasteiger charge is -2.34. The van der Waals surface area contributed by atoms with Gasteiger partial charge in [0.1, 0.15) is 11.3 Å². The maximum absolute atomic E-state index is 14.0. The second-order valence-electron chi connectivity index (χ2n) is 6.42. The Morgan fingerprint density at radius 2 is 2.24 bits per heavy atom. The third-order valence-corrected chi connectivity index (χ3v) is 4.78. The predicted octanol–water partition coefficient (Wildman–Crippen LogP) is 0.927. The molecule has 0 saturated carbocycles. The summed E-state index contributed by atoms with van der Waals surface area (Å²) in [7, 11) is 1.30. The van der Waals surface area contributed by atoms with Gasteiger partial charge >= 0.3 is 0 Å². The number of aliphatic hydroxyl groups is 1. The molecule has 1 amide bonds. The van der Waals surface area contributed by atoms with Crippen LogP contribution in [-0.2, 0) is 4.74 Å². The van der Waals surface area contributed by atoms with E-state index in [1.807, 2.05) is 0 Å². The van der Waals surface area contributed by atoms with Gasteiger partial charge in [0, 0.05) is 31.8 Å². The number of fused-ring (bicyclic) bond motifs is 1. The average Bonchev–Trinajstić information content (AvgIpc) is 2.98. The van der Waals surface area contributed by atoms with E-state index in [-0.39, 0.29) is 30.5 Å². The molecule has 2 saturated heterocycles. The van der Waals surface area contributed by atoms with E-state index < -0.39 is 23.1 Å². The number of methoxy groups -OCH3 is 1. The lowest BCUT2D eigenvalue weighted by atomic mass is 10.1. The van der Waals surface area contributed by atoms with Crippen LogP contribution in [0.4, 0.5) is 8.78 Å². The third-order valence-electron chi connectivity index (χ3n) is 4.78. The van der Waals surface area contributed by atoms with Gasteiger partial charge in [-0.3, -0.25) is 9.69 Å². The molecule has 2 aliphatic rings. The van der Waals surface area contributed by atoms with Crippen LogP contribution < -0.4 is 10.1 Å². The minimum absolute atomic E-state index is 0.00142. The third kappa shape index (κ3) is 3.75. The molecule has 8 heteroatoms. The number of halogens is 2. The van der Waals surface area contributed by atoms with E-state index in [4.69, 9.17) is 14.6 Å². The number of ether oxygens (including phenoxy) is 2. The molecule has 2 fully saturated rings. The number of carbonyl (C=O) groups is 1. The molecule has 2 N–H and O–H groups in total. The Labute approximate surface area is 144 Å². The number of morpholine rings is 1. The van der Waals surface area contributed by atoms with Crippen LogP contribution in [0.15, 0.2) is 12.1 Å². The molecule has 1 aromatic rings. The minimum Gasteiger partial charge on any atom is -0.496 e. The molecule has 0 unspecified atom stereocenters. The largest absolute Gasteiger partial charge is 0.496 e. The summed E-state index contributed by atoms with van der Waals surface area (Å²) in [5, 5.41) is 11.8. The van der Waals surface area contributed by atoms with Crippen molar-refractivity contribution in [2.45, 2.75) is 31.0 Å². The first-order valence-electron chi connectivity index (χ1n) is 8.32. The summed E-state index contributed by atoms with van der Waals surface area (Å²) in [5.41, 5.74) is -0.415. The van der Waals surface area contributed by atoms with Gasteiger partial charge in [-0.05, 0) is 25.0 Å². The summed E-state index contributed by atoms with van der Waals surface area (Å²) >= 11 is 0. The predicted molar refractivity (Wildman–Crippen MR) is 85.6 cm³/mol. The van der Waals surface area contributed by atoms with Crippen molar-refractivity contribution in [3.63, 3.8) is 0 Å². The van der Waals surface area contributed by atoms with E-state index in [0.29, 0.717) is 32.5 Å². The molecule has 138 valence electrons. The van der Waals surface area contributed by atoms with E-state index in [1.54, 1.807) is 0 Å². The van der Waals surface area contributed by atoms with Crippen LogP contribution >= 0.6 is 0 Å². The number of amides is 1. The highest BCUT2D eigenvalue weighted by Gasteiger charge is 2.38. The number of nitrogens with zero attached hydrogens (tertiary/aromatic N) is 1. The fourth-order valence-corrected chi connectivity index (χ4v) is 3.54. The zero-order valence-electron chi connectivity index (χ0n) is 14.0. The van der Waals surface area contributed by atoms with Crippen molar-refractivity contribution < 1.29 is 28.2 Å². The van der Waals surface area contributed by atoms with Crippen LogP contribution in [0, 0.1) is 11.6 Å². The number of carbonyl (C=O) groups excluding carboxylic acids is 1. The maximum Gasteiger partial charge on any atom is 0.258 e. The highest BCUT2D eigenvalue weighted by atomic mass is 19.2. The van der Waals surface area contributed by atoms with E-state index >= 15 is 0 Å². The van der Waals surface area contributed by atoms with Gasteiger partial charge in [0.2, 0.25) is 0 Å². The van der Waals surface area contributed by atoms with E-state index in [9.17, 15) is 13.6 Å². The Balaban J connectivity index is 1.66. The van der Waals surface area contributed by atoms with Gasteiger partial charge in [-0.2, -0.15) is 0 Å². The van der Waals surface area contributed by atoms with Gasteiger partial charge in [0.05, 0.1) is 19.8 Å². The summed E-state index contributed by atoms with van der Waals surface area (Å²) < 4.78 is 38.2. The summed E-state index contributed by atoms with van der Waals surface area (Å²) in [4.78, 5) is 14.6. The van der Waals surface area contributed by atoms with E-state index in [2.05, 4.69) is 10.2 Å². The fraction of sp³-hybridized carbons (Fsp3) is 0.588. The van der Waals surface area contributed by atoms with Crippen molar-refractivity contribution in [3.05, 3.63) is 29.3 Å². The van der Waals surface area contributed by atoms with Crippen molar-refractivity contribution >= 4 is 5.91 Å². The molecule has 0 aliphatic carbocycles. The standard InChI is InChI=1S/C17H22F2N2O4/c1-24-14-3-2-13(18)16(19)15(14)17(23)20-10-6-11-9-25-12(4-5-22)8-21(11)7-10/h2-3,10-12,22H,4-9H2,1H3,(H,20,23)/t10-,11-,12-/m0/s1. The summed E-state index contributed by atoms with van der Waals surface area (Å²) in [5.74, 6) is -2.99. The molecule has 3 rings (SSSR count). The zero-order chi connectivity index (χ0) is 18.0. The van der Waals surface area contributed by atoms with Crippen LogP contribution in [-0.4, -0.2) is 67.5 Å². The maximum atomic E-state index is 14.0. The Bertz CT molecular complexity index is 643. The monoisotopic (exact) mass is 356 g/mol. The van der Waals surface area contributed by atoms with Crippen LogP contribution in [0.1, 0.15) is 23.2 Å². The highest BCUT2D eigenvalue weighted by Crippen LogP contribution is 2.27. The number of rotatable bonds is 5. The Hall–Kier alpha value is -1.77. The molecule has 0 aromatic heterocycles. The first-order chi connectivity index (χ1) is 12.0. The van der Waals surface area contributed by atoms with Crippen LogP contribution in [0.2, 0.25) is 0 Å². The lowest BCUT2D eigenvalue weighted by molar-refractivity contribution is -0.0566. The molecular weight excluding hydrogens is 334 g/mol. The smallest absolute Gasteiger partial charge is 0.258 e. The van der Waals surface area contributed by atoms with Crippen molar-refractivity contribution in [2.75, 3.05) is 33.4 Å². The van der Waals surface area contributed by atoms with Crippen molar-refractivity contribution in [1.29, 1.82) is 0 Å². The number of nitrogens with one attached hydrogen (secondary N) is 1. The van der Waals surface area contributed by atoms with Gasteiger partial charge < -0.3 is 19.9 Å². The average molecular weight is 356 g/mol. The molecule has 6 nitrogen and oxygen atoms in total. The van der Waals surface area contributed by atoms with Crippen molar-refractivity contribution in [3.8, 4) is 5.75 Å². The molecule has 2 heterocycles. The molecule has 0 bridgehead atoms. The summed E-state index contributed by atoms with van der Waals surface area (Å²) in [6.45, 7) is 1.91. The summed E-state index contributed by atoms with van der Waals surface area (Å²) in [6.07, 6.45) is 1.24. The van der Waals surface area contributed by atoms with Gasteiger partial charge in [-0.15, -0.1) is 0 Å². The van der Waals surface area contributed by atoms with Gasteiger partial charge in [-0.1, -0.05) is 0 Å². The fourth-order valence-electron chi connectivity index (χ4n) is 3.54. The van der Waals surface area contributed by atoms with Crippen molar-refractivity contribution in [2.24, 2.45) is 0 Å². The van der Waals surface area contributed by atoms with Crippen LogP contribution in [0.25, 0.3) is 0 Å². The molecule has 0 spiro atoms. The van der Waals surface area contributed by atoms with Gasteiger partial charge in [0.25, 0.3) is 5.91 Å². The lowest BCUT2D eigenvalue weighted by Crippen LogP contribution is -2.46. The Morgan fingerprint density at radius 1 is 1.44 bits per heavy atom. The Kier molecular flexibility index (Phi) is 5.51. The minimum atomic E-state index is -1.21. The molecular formula is C17H22F2N2O4.